The number of anilines is 1. The summed E-state index contributed by atoms with van der Waals surface area (Å²) in [5.74, 6) is 0.656. The first-order chi connectivity index (χ1) is 14.9. The van der Waals surface area contributed by atoms with Crippen molar-refractivity contribution in [2.24, 2.45) is 0 Å². The van der Waals surface area contributed by atoms with Crippen LogP contribution in [0.5, 0.6) is 11.5 Å². The Morgan fingerprint density at radius 3 is 2.55 bits per heavy atom. The normalized spacial score (nSPS) is 13.6. The molecule has 1 amide bonds. The number of aromatic amines is 1. The van der Waals surface area contributed by atoms with E-state index in [1.807, 2.05) is 12.1 Å². The topological polar surface area (TPSA) is 135 Å². The quantitative estimate of drug-likeness (QED) is 0.485. The van der Waals surface area contributed by atoms with Crippen LogP contribution in [0.15, 0.2) is 47.4 Å². The van der Waals surface area contributed by atoms with Crippen molar-refractivity contribution in [2.45, 2.75) is 23.8 Å². The number of sulfonamides is 1. The van der Waals surface area contributed by atoms with Crippen LogP contribution in [0.3, 0.4) is 0 Å². The fraction of sp³-hybridized carbons (Fsp3) is 0.250. The Morgan fingerprint density at radius 2 is 1.84 bits per heavy atom. The van der Waals surface area contributed by atoms with Crippen molar-refractivity contribution in [1.29, 1.82) is 0 Å². The van der Waals surface area contributed by atoms with Crippen molar-refractivity contribution < 1.29 is 22.7 Å². The fourth-order valence-corrected chi connectivity index (χ4v) is 4.46. The minimum Gasteiger partial charge on any atom is -0.496 e. The Balaban J connectivity index is 1.57. The van der Waals surface area contributed by atoms with Crippen LogP contribution in [0.1, 0.15) is 23.2 Å². The number of ether oxygens (including phenoxy) is 2. The number of hydrogen-bond donors (Lipinski definition) is 3. The van der Waals surface area contributed by atoms with Gasteiger partial charge in [0.2, 0.25) is 16.0 Å². The second kappa shape index (κ2) is 8.36. The van der Waals surface area contributed by atoms with Gasteiger partial charge in [0.1, 0.15) is 16.4 Å². The molecule has 1 heterocycles. The van der Waals surface area contributed by atoms with Crippen LogP contribution in [-0.2, 0) is 10.0 Å². The Morgan fingerprint density at radius 1 is 1.10 bits per heavy atom. The van der Waals surface area contributed by atoms with Crippen molar-refractivity contribution in [3.63, 3.8) is 0 Å². The maximum atomic E-state index is 12.7. The Labute approximate surface area is 179 Å². The molecule has 1 saturated carbocycles. The Bertz CT molecular complexity index is 1220. The molecule has 0 saturated heterocycles. The molecule has 10 nitrogen and oxygen atoms in total. The largest absolute Gasteiger partial charge is 0.496 e. The number of rotatable bonds is 8. The minimum absolute atomic E-state index is 0.0437. The average Bonchev–Trinajstić information content (AvgIpc) is 3.46. The smallest absolute Gasteiger partial charge is 0.258 e. The SMILES string of the molecule is COc1ccccc1-c1nc(NC(=O)c2ccc(OC)c(S(=O)(=O)NC3CC3)c2)n[nH]1. The summed E-state index contributed by atoms with van der Waals surface area (Å²) in [6, 6.07) is 11.3. The molecule has 0 spiro atoms. The third kappa shape index (κ3) is 4.52. The van der Waals surface area contributed by atoms with Crippen LogP contribution in [0.2, 0.25) is 0 Å². The average molecular weight is 443 g/mol. The van der Waals surface area contributed by atoms with Gasteiger partial charge in [0.05, 0.1) is 19.8 Å². The molecule has 0 bridgehead atoms. The molecule has 1 aliphatic carbocycles. The summed E-state index contributed by atoms with van der Waals surface area (Å²) in [7, 11) is -0.894. The number of carbonyl (C=O) groups is 1. The lowest BCUT2D eigenvalue weighted by Crippen LogP contribution is -2.26. The number of para-hydroxylation sites is 1. The van der Waals surface area contributed by atoms with E-state index >= 15 is 0 Å². The second-order valence-electron chi connectivity index (χ2n) is 6.92. The van der Waals surface area contributed by atoms with Crippen LogP contribution in [0, 0.1) is 0 Å². The van der Waals surface area contributed by atoms with Crippen LogP contribution in [-0.4, -0.2) is 49.8 Å². The van der Waals surface area contributed by atoms with Gasteiger partial charge >= 0.3 is 0 Å². The maximum Gasteiger partial charge on any atom is 0.258 e. The van der Waals surface area contributed by atoms with Gasteiger partial charge in [-0.25, -0.2) is 13.1 Å². The molecule has 3 N–H and O–H groups in total. The van der Waals surface area contributed by atoms with E-state index in [9.17, 15) is 13.2 Å². The van der Waals surface area contributed by atoms with Gasteiger partial charge < -0.3 is 9.47 Å². The molecule has 1 aromatic heterocycles. The molecule has 4 rings (SSSR count). The zero-order chi connectivity index (χ0) is 22.0. The summed E-state index contributed by atoms with van der Waals surface area (Å²) in [4.78, 5) is 16.9. The van der Waals surface area contributed by atoms with E-state index in [0.717, 1.165) is 12.8 Å². The van der Waals surface area contributed by atoms with Gasteiger partial charge in [0.15, 0.2) is 5.82 Å². The number of amides is 1. The zero-order valence-corrected chi connectivity index (χ0v) is 17.7. The molecule has 1 aliphatic rings. The maximum absolute atomic E-state index is 12.7. The molecule has 0 radical (unpaired) electrons. The highest BCUT2D eigenvalue weighted by atomic mass is 32.2. The third-order valence-corrected chi connectivity index (χ3v) is 6.23. The summed E-state index contributed by atoms with van der Waals surface area (Å²) >= 11 is 0. The van der Waals surface area contributed by atoms with E-state index in [0.29, 0.717) is 17.1 Å². The van der Waals surface area contributed by atoms with Gasteiger partial charge in [-0.05, 0) is 43.2 Å². The van der Waals surface area contributed by atoms with Gasteiger partial charge in [0, 0.05) is 11.6 Å². The van der Waals surface area contributed by atoms with Gasteiger partial charge in [-0.3, -0.25) is 15.2 Å². The number of H-pyrrole nitrogens is 1. The minimum atomic E-state index is -3.81. The van der Waals surface area contributed by atoms with E-state index in [2.05, 4.69) is 25.2 Å². The first-order valence-electron chi connectivity index (χ1n) is 9.49. The van der Waals surface area contributed by atoms with Gasteiger partial charge in [-0.1, -0.05) is 12.1 Å². The highest BCUT2D eigenvalue weighted by Crippen LogP contribution is 2.29. The number of carbonyl (C=O) groups excluding carboxylic acids is 1. The summed E-state index contributed by atoms with van der Waals surface area (Å²) < 4.78 is 38.4. The number of methoxy groups -OCH3 is 2. The molecule has 162 valence electrons. The van der Waals surface area contributed by atoms with Crippen molar-refractivity contribution in [3.05, 3.63) is 48.0 Å². The van der Waals surface area contributed by atoms with Crippen LogP contribution in [0.4, 0.5) is 5.95 Å². The lowest BCUT2D eigenvalue weighted by atomic mass is 10.2. The summed E-state index contributed by atoms with van der Waals surface area (Å²) in [6.45, 7) is 0. The first kappa shape index (κ1) is 20.8. The monoisotopic (exact) mass is 443 g/mol. The second-order valence-corrected chi connectivity index (χ2v) is 8.61. The lowest BCUT2D eigenvalue weighted by Gasteiger charge is -2.11. The number of hydrogen-bond acceptors (Lipinski definition) is 7. The van der Waals surface area contributed by atoms with Gasteiger partial charge in [-0.15, -0.1) is 5.10 Å². The predicted octanol–water partition coefficient (Wildman–Crippen LogP) is 2.18. The van der Waals surface area contributed by atoms with Crippen molar-refractivity contribution in [2.75, 3.05) is 19.5 Å². The number of aromatic nitrogens is 3. The van der Waals surface area contributed by atoms with Crippen molar-refractivity contribution in [1.82, 2.24) is 19.9 Å². The molecule has 11 heteroatoms. The predicted molar refractivity (Wildman–Crippen MR) is 113 cm³/mol. The summed E-state index contributed by atoms with van der Waals surface area (Å²) in [5.41, 5.74) is 0.808. The van der Waals surface area contributed by atoms with E-state index in [1.165, 1.54) is 25.3 Å². The zero-order valence-electron chi connectivity index (χ0n) is 16.9. The molecule has 0 aliphatic heterocycles. The molecule has 2 aromatic carbocycles. The number of nitrogens with zero attached hydrogens (tertiary/aromatic N) is 2. The molecule has 3 aromatic rings. The van der Waals surface area contributed by atoms with Gasteiger partial charge in [0.25, 0.3) is 5.91 Å². The van der Waals surface area contributed by atoms with Crippen molar-refractivity contribution in [3.8, 4) is 22.9 Å². The lowest BCUT2D eigenvalue weighted by molar-refractivity contribution is 0.102. The third-order valence-electron chi connectivity index (χ3n) is 4.69. The first-order valence-corrected chi connectivity index (χ1v) is 11.0. The molecular formula is C20H21N5O5S. The van der Waals surface area contributed by atoms with E-state index in [1.54, 1.807) is 19.2 Å². The van der Waals surface area contributed by atoms with E-state index < -0.39 is 15.9 Å². The molecule has 0 atom stereocenters. The van der Waals surface area contributed by atoms with Gasteiger partial charge in [-0.2, -0.15) is 4.98 Å². The standard InChI is InChI=1S/C20H21N5O5S/c1-29-15-6-4-3-5-14(15)18-21-20(24-23-18)22-19(26)12-7-10-16(30-2)17(11-12)31(27,28)25-13-8-9-13/h3-7,10-11,13,25H,8-9H2,1-2H3,(H2,21,22,23,24,26). The summed E-state index contributed by atoms with van der Waals surface area (Å²) in [5, 5.41) is 9.33. The molecular weight excluding hydrogens is 422 g/mol. The molecule has 0 unspecified atom stereocenters. The highest BCUT2D eigenvalue weighted by molar-refractivity contribution is 7.89. The van der Waals surface area contributed by atoms with Crippen molar-refractivity contribution >= 4 is 21.9 Å². The Hall–Kier alpha value is -3.44. The van der Waals surface area contributed by atoms with Crippen LogP contribution in [0.25, 0.3) is 11.4 Å². The highest BCUT2D eigenvalue weighted by Gasteiger charge is 2.30. The van der Waals surface area contributed by atoms with E-state index in [-0.39, 0.29) is 28.2 Å². The number of benzene rings is 2. The number of nitrogens with one attached hydrogen (secondary N) is 3. The van der Waals surface area contributed by atoms with Crippen LogP contribution < -0.4 is 19.5 Å². The van der Waals surface area contributed by atoms with Crippen LogP contribution >= 0.6 is 0 Å². The van der Waals surface area contributed by atoms with E-state index in [4.69, 9.17) is 9.47 Å². The summed E-state index contributed by atoms with van der Waals surface area (Å²) in [6.07, 6.45) is 1.59. The Kier molecular flexibility index (Phi) is 5.61. The molecule has 31 heavy (non-hydrogen) atoms. The fourth-order valence-electron chi connectivity index (χ4n) is 2.96. The molecule has 1 fully saturated rings.